The summed E-state index contributed by atoms with van der Waals surface area (Å²) in [7, 11) is 0. The van der Waals surface area contributed by atoms with Gasteiger partial charge in [-0.3, -0.25) is 4.79 Å². The summed E-state index contributed by atoms with van der Waals surface area (Å²) in [5.41, 5.74) is 0.927. The van der Waals surface area contributed by atoms with Crippen LogP contribution in [0.1, 0.15) is 0 Å². The summed E-state index contributed by atoms with van der Waals surface area (Å²) in [5.74, 6) is 0.364. The van der Waals surface area contributed by atoms with E-state index >= 15 is 0 Å². The molecule has 1 N–H and O–H groups in total. The summed E-state index contributed by atoms with van der Waals surface area (Å²) in [4.78, 5) is 10.7. The second-order valence-corrected chi connectivity index (χ2v) is 4.08. The van der Waals surface area contributed by atoms with Gasteiger partial charge in [0.2, 0.25) is 5.82 Å². The van der Waals surface area contributed by atoms with Gasteiger partial charge in [-0.05, 0) is 22.6 Å². The predicted octanol–water partition coefficient (Wildman–Crippen LogP) is 1.68. The lowest BCUT2D eigenvalue weighted by molar-refractivity contribution is -0.137. The molecule has 3 aromatic rings. The van der Waals surface area contributed by atoms with Crippen molar-refractivity contribution in [3.63, 3.8) is 0 Å². The van der Waals surface area contributed by atoms with E-state index in [0.717, 1.165) is 5.56 Å². The van der Waals surface area contributed by atoms with E-state index in [2.05, 4.69) is 15.5 Å². The second-order valence-electron chi connectivity index (χ2n) is 4.08. The molecule has 100 valence electrons. The molecule has 2 aromatic heterocycles. The highest BCUT2D eigenvalue weighted by atomic mass is 16.4. The van der Waals surface area contributed by atoms with Crippen LogP contribution in [-0.2, 0) is 11.3 Å². The van der Waals surface area contributed by atoms with E-state index in [4.69, 9.17) is 9.52 Å². The van der Waals surface area contributed by atoms with Gasteiger partial charge in [0, 0.05) is 5.56 Å². The molecule has 0 spiro atoms. The van der Waals surface area contributed by atoms with Crippen LogP contribution in [0.25, 0.3) is 22.9 Å². The molecule has 0 atom stereocenters. The molecule has 0 radical (unpaired) electrons. The van der Waals surface area contributed by atoms with Gasteiger partial charge >= 0.3 is 5.97 Å². The van der Waals surface area contributed by atoms with Crippen molar-refractivity contribution >= 4 is 5.97 Å². The molecule has 0 saturated carbocycles. The van der Waals surface area contributed by atoms with Crippen molar-refractivity contribution in [2.24, 2.45) is 0 Å². The molecule has 7 nitrogen and oxygen atoms in total. The van der Waals surface area contributed by atoms with Crippen molar-refractivity contribution in [3.05, 3.63) is 42.5 Å². The summed E-state index contributed by atoms with van der Waals surface area (Å²) in [6, 6.07) is 13.1. The van der Waals surface area contributed by atoms with Gasteiger partial charge < -0.3 is 9.52 Å². The van der Waals surface area contributed by atoms with Gasteiger partial charge in [0.25, 0.3) is 0 Å². The lowest BCUT2D eigenvalue weighted by atomic mass is 10.2. The molecule has 7 heteroatoms. The summed E-state index contributed by atoms with van der Waals surface area (Å²) in [5, 5.41) is 19.7. The summed E-state index contributed by atoms with van der Waals surface area (Å²) >= 11 is 0. The molecule has 20 heavy (non-hydrogen) atoms. The molecule has 0 aliphatic carbocycles. The Morgan fingerprint density at radius 3 is 2.65 bits per heavy atom. The summed E-state index contributed by atoms with van der Waals surface area (Å²) in [6.45, 7) is -0.316. The minimum Gasteiger partial charge on any atom is -0.480 e. The fourth-order valence-corrected chi connectivity index (χ4v) is 1.83. The van der Waals surface area contributed by atoms with Crippen LogP contribution in [0.5, 0.6) is 0 Å². The number of hydrogen-bond donors (Lipinski definition) is 1. The van der Waals surface area contributed by atoms with E-state index in [9.17, 15) is 4.79 Å². The third-order valence-corrected chi connectivity index (χ3v) is 2.70. The molecule has 0 aliphatic rings. The van der Waals surface area contributed by atoms with Crippen LogP contribution in [0.2, 0.25) is 0 Å². The van der Waals surface area contributed by atoms with Crippen LogP contribution in [0, 0.1) is 0 Å². The Kier molecular flexibility index (Phi) is 3.00. The average Bonchev–Trinajstić information content (AvgIpc) is 3.07. The van der Waals surface area contributed by atoms with Crippen LogP contribution in [-0.4, -0.2) is 31.3 Å². The van der Waals surface area contributed by atoms with E-state index in [1.165, 1.54) is 4.68 Å². The number of tetrazole rings is 1. The Labute approximate surface area is 113 Å². The fourth-order valence-electron chi connectivity index (χ4n) is 1.83. The monoisotopic (exact) mass is 270 g/mol. The first-order valence-corrected chi connectivity index (χ1v) is 5.87. The minimum atomic E-state index is -1.02. The molecule has 0 fully saturated rings. The number of rotatable bonds is 4. The third-order valence-electron chi connectivity index (χ3n) is 2.70. The Bertz CT molecular complexity index is 733. The topological polar surface area (TPSA) is 94.0 Å². The molecular formula is C13H10N4O3. The highest BCUT2D eigenvalue weighted by molar-refractivity contribution is 5.67. The first-order chi connectivity index (χ1) is 9.74. The maximum Gasteiger partial charge on any atom is 0.325 e. The van der Waals surface area contributed by atoms with Gasteiger partial charge in [-0.15, -0.1) is 5.10 Å². The largest absolute Gasteiger partial charge is 0.480 e. The molecule has 1 aromatic carbocycles. The number of aromatic nitrogens is 4. The zero-order chi connectivity index (χ0) is 13.9. The van der Waals surface area contributed by atoms with Gasteiger partial charge in [0.05, 0.1) is 0 Å². The lowest BCUT2D eigenvalue weighted by Gasteiger charge is -1.98. The number of hydrogen-bond acceptors (Lipinski definition) is 5. The maximum absolute atomic E-state index is 10.7. The normalized spacial score (nSPS) is 10.6. The number of benzene rings is 1. The Balaban J connectivity index is 1.95. The zero-order valence-electron chi connectivity index (χ0n) is 10.3. The zero-order valence-corrected chi connectivity index (χ0v) is 10.3. The van der Waals surface area contributed by atoms with Crippen molar-refractivity contribution in [2.45, 2.75) is 6.54 Å². The minimum absolute atomic E-state index is 0.287. The molecule has 0 saturated heterocycles. The molecule has 0 bridgehead atoms. The lowest BCUT2D eigenvalue weighted by Crippen LogP contribution is -2.11. The smallest absolute Gasteiger partial charge is 0.325 e. The number of carbonyl (C=O) groups is 1. The van der Waals surface area contributed by atoms with Crippen molar-refractivity contribution < 1.29 is 14.3 Å². The van der Waals surface area contributed by atoms with Crippen molar-refractivity contribution in [1.29, 1.82) is 0 Å². The number of nitrogens with zero attached hydrogens (tertiary/aromatic N) is 4. The number of aliphatic carboxylic acids is 1. The van der Waals surface area contributed by atoms with Crippen molar-refractivity contribution in [1.82, 2.24) is 20.2 Å². The molecular weight excluding hydrogens is 260 g/mol. The van der Waals surface area contributed by atoms with Crippen molar-refractivity contribution in [2.75, 3.05) is 0 Å². The highest BCUT2D eigenvalue weighted by Crippen LogP contribution is 2.26. The molecule has 0 unspecified atom stereocenters. The van der Waals surface area contributed by atoms with Gasteiger partial charge in [-0.1, -0.05) is 30.3 Å². The predicted molar refractivity (Wildman–Crippen MR) is 68.6 cm³/mol. The average molecular weight is 270 g/mol. The van der Waals surface area contributed by atoms with E-state index in [1.54, 1.807) is 12.1 Å². The highest BCUT2D eigenvalue weighted by Gasteiger charge is 2.15. The molecule has 0 amide bonds. The standard InChI is InChI=1S/C13H10N4O3/c18-12(19)8-17-13(14-15-16-17)11-7-6-10(20-11)9-4-2-1-3-5-9/h1-7H,8H2,(H,18,19). The van der Waals surface area contributed by atoms with Gasteiger partial charge in [0.15, 0.2) is 5.76 Å². The number of carboxylic acids is 1. The first kappa shape index (κ1) is 12.1. The summed E-state index contributed by atoms with van der Waals surface area (Å²) in [6.07, 6.45) is 0. The summed E-state index contributed by atoms with van der Waals surface area (Å²) < 4.78 is 6.86. The van der Waals surface area contributed by atoms with Crippen LogP contribution >= 0.6 is 0 Å². The quantitative estimate of drug-likeness (QED) is 0.775. The second kappa shape index (κ2) is 4.96. The SMILES string of the molecule is O=C(O)Cn1nnnc1-c1ccc(-c2ccccc2)o1. The van der Waals surface area contributed by atoms with Gasteiger partial charge in [-0.2, -0.15) is 0 Å². The number of carboxylic acid groups (broad SMARTS) is 1. The molecule has 2 heterocycles. The molecule has 0 aliphatic heterocycles. The molecule has 3 rings (SSSR count). The fraction of sp³-hybridized carbons (Fsp3) is 0.0769. The van der Waals surface area contributed by atoms with Crippen LogP contribution in [0.4, 0.5) is 0 Å². The van der Waals surface area contributed by atoms with E-state index in [0.29, 0.717) is 11.5 Å². The van der Waals surface area contributed by atoms with Crippen LogP contribution in [0.3, 0.4) is 0 Å². The number of furan rings is 1. The Morgan fingerprint density at radius 2 is 1.90 bits per heavy atom. The van der Waals surface area contributed by atoms with Gasteiger partial charge in [-0.25, -0.2) is 4.68 Å². The Hall–Kier alpha value is -2.96. The van der Waals surface area contributed by atoms with Crippen molar-refractivity contribution in [3.8, 4) is 22.9 Å². The van der Waals surface area contributed by atoms with E-state index in [-0.39, 0.29) is 12.4 Å². The van der Waals surface area contributed by atoms with E-state index < -0.39 is 5.97 Å². The van der Waals surface area contributed by atoms with E-state index in [1.807, 2.05) is 30.3 Å². The Morgan fingerprint density at radius 1 is 1.15 bits per heavy atom. The third kappa shape index (κ3) is 2.28. The van der Waals surface area contributed by atoms with Crippen LogP contribution < -0.4 is 0 Å². The first-order valence-electron chi connectivity index (χ1n) is 5.87. The maximum atomic E-state index is 10.7. The van der Waals surface area contributed by atoms with Gasteiger partial charge in [0.1, 0.15) is 12.3 Å². The van der Waals surface area contributed by atoms with Crippen LogP contribution in [0.15, 0.2) is 46.9 Å².